The maximum absolute atomic E-state index is 12.2. The lowest BCUT2D eigenvalue weighted by Gasteiger charge is -2.24. The summed E-state index contributed by atoms with van der Waals surface area (Å²) in [6.07, 6.45) is 2.86. The first-order valence-electron chi connectivity index (χ1n) is 8.10. The summed E-state index contributed by atoms with van der Waals surface area (Å²) in [6.45, 7) is 2.13. The van der Waals surface area contributed by atoms with Crippen molar-refractivity contribution >= 4 is 46.4 Å². The molecule has 6 nitrogen and oxygen atoms in total. The van der Waals surface area contributed by atoms with Crippen molar-refractivity contribution in [3.63, 3.8) is 0 Å². The largest absolute Gasteiger partial charge is 0.372 e. The number of carbonyl (C=O) groups excluding carboxylic acids is 1. The highest BCUT2D eigenvalue weighted by Gasteiger charge is 2.20. The van der Waals surface area contributed by atoms with E-state index in [-0.39, 0.29) is 16.0 Å². The summed E-state index contributed by atoms with van der Waals surface area (Å²) in [6, 6.07) is 5.19. The third-order valence-corrected chi connectivity index (χ3v) is 5.39. The first-order valence-corrected chi connectivity index (χ1v) is 9.24. The van der Waals surface area contributed by atoms with Gasteiger partial charge in [0.25, 0.3) is 5.56 Å². The predicted molar refractivity (Wildman–Crippen MR) is 104 cm³/mol. The van der Waals surface area contributed by atoms with Gasteiger partial charge in [0.05, 0.1) is 27.6 Å². The Morgan fingerprint density at radius 1 is 1.19 bits per heavy atom. The minimum atomic E-state index is -0.510. The Balaban J connectivity index is 1.78. The van der Waals surface area contributed by atoms with Gasteiger partial charge in [-0.2, -0.15) is 9.78 Å². The van der Waals surface area contributed by atoms with Crippen molar-refractivity contribution < 1.29 is 4.79 Å². The molecule has 0 unspecified atom stereocenters. The van der Waals surface area contributed by atoms with Crippen molar-refractivity contribution in [2.75, 3.05) is 31.6 Å². The van der Waals surface area contributed by atoms with Crippen LogP contribution < -0.4 is 10.5 Å². The first-order chi connectivity index (χ1) is 12.4. The van der Waals surface area contributed by atoms with E-state index in [1.165, 1.54) is 6.20 Å². The Morgan fingerprint density at radius 3 is 2.62 bits per heavy atom. The quantitative estimate of drug-likeness (QED) is 0.752. The molecule has 26 heavy (non-hydrogen) atoms. The van der Waals surface area contributed by atoms with Crippen molar-refractivity contribution in [3.05, 3.63) is 49.8 Å². The maximum Gasteiger partial charge on any atom is 0.291 e. The molecule has 2 heterocycles. The van der Waals surface area contributed by atoms with Gasteiger partial charge in [0, 0.05) is 33.1 Å². The van der Waals surface area contributed by atoms with Crippen LogP contribution in [0.5, 0.6) is 0 Å². The van der Waals surface area contributed by atoms with Crippen LogP contribution in [-0.4, -0.2) is 47.3 Å². The van der Waals surface area contributed by atoms with Gasteiger partial charge < -0.3 is 9.80 Å². The van der Waals surface area contributed by atoms with Crippen molar-refractivity contribution in [2.45, 2.75) is 12.8 Å². The van der Waals surface area contributed by atoms with E-state index in [9.17, 15) is 9.59 Å². The van der Waals surface area contributed by atoms with Crippen LogP contribution in [0.1, 0.15) is 12.8 Å². The highest BCUT2D eigenvalue weighted by molar-refractivity contribution is 6.41. The van der Waals surface area contributed by atoms with Crippen LogP contribution in [0.2, 0.25) is 15.1 Å². The van der Waals surface area contributed by atoms with E-state index in [0.29, 0.717) is 30.2 Å². The van der Waals surface area contributed by atoms with E-state index in [1.807, 2.05) is 16.8 Å². The molecule has 0 bridgehead atoms. The van der Waals surface area contributed by atoms with Crippen LogP contribution in [0, 0.1) is 0 Å². The number of amides is 1. The molecule has 1 amide bonds. The third kappa shape index (κ3) is 3.82. The summed E-state index contributed by atoms with van der Waals surface area (Å²) in [5.41, 5.74) is 0.782. The molecule has 1 saturated heterocycles. The van der Waals surface area contributed by atoms with E-state index in [2.05, 4.69) is 5.10 Å². The molecular formula is C17H17Cl3N4O2. The van der Waals surface area contributed by atoms with Gasteiger partial charge in [-0.25, -0.2) is 0 Å². The summed E-state index contributed by atoms with van der Waals surface area (Å²) in [7, 11) is 1.91. The van der Waals surface area contributed by atoms with Gasteiger partial charge in [0.2, 0.25) is 5.91 Å². The smallest absolute Gasteiger partial charge is 0.291 e. The molecule has 1 aromatic heterocycles. The molecule has 0 N–H and O–H groups in total. The lowest BCUT2D eigenvalue weighted by Crippen LogP contribution is -2.34. The van der Waals surface area contributed by atoms with Crippen molar-refractivity contribution in [1.29, 1.82) is 0 Å². The molecule has 138 valence electrons. The van der Waals surface area contributed by atoms with Crippen molar-refractivity contribution in [3.8, 4) is 5.69 Å². The lowest BCUT2D eigenvalue weighted by atomic mass is 10.2. The Labute approximate surface area is 165 Å². The molecule has 0 spiro atoms. The molecule has 0 aliphatic carbocycles. The average molecular weight is 416 g/mol. The number of anilines is 1. The van der Waals surface area contributed by atoms with Crippen LogP contribution >= 0.6 is 34.8 Å². The molecule has 1 aromatic carbocycles. The fourth-order valence-corrected chi connectivity index (χ4v) is 3.44. The van der Waals surface area contributed by atoms with Gasteiger partial charge in [0.15, 0.2) is 0 Å². The Hall–Kier alpha value is -1.76. The molecule has 1 aliphatic heterocycles. The number of likely N-dealkylation sites (N-methyl/N-ethyl adjacent to an activating group) is 1. The number of benzene rings is 1. The number of carbonyl (C=O) groups is 1. The van der Waals surface area contributed by atoms with Gasteiger partial charge in [-0.15, -0.1) is 0 Å². The molecule has 2 aromatic rings. The second-order valence-corrected chi connectivity index (χ2v) is 7.26. The molecule has 0 saturated carbocycles. The number of hydrogen-bond acceptors (Lipinski definition) is 4. The number of nitrogens with zero attached hydrogens (tertiary/aromatic N) is 4. The predicted octanol–water partition coefficient (Wildman–Crippen LogP) is 3.25. The standard InChI is InChI=1S/C17H17Cl3N4O2/c1-22(7-8-23-6-2-3-15(23)25)14-5-4-11(9-12(14)18)24-17(26)16(20)13(19)10-21-24/h4-5,9-10H,2-3,6-8H2,1H3. The van der Waals surface area contributed by atoms with E-state index < -0.39 is 5.56 Å². The summed E-state index contributed by atoms with van der Waals surface area (Å²) in [5.74, 6) is 0.199. The fraction of sp³-hybridized carbons (Fsp3) is 0.353. The monoisotopic (exact) mass is 414 g/mol. The van der Waals surface area contributed by atoms with Gasteiger partial charge >= 0.3 is 0 Å². The molecule has 0 radical (unpaired) electrons. The summed E-state index contributed by atoms with van der Waals surface area (Å²) in [4.78, 5) is 27.7. The molecular weight excluding hydrogens is 399 g/mol. The zero-order chi connectivity index (χ0) is 18.8. The van der Waals surface area contributed by atoms with Crippen LogP contribution in [0.3, 0.4) is 0 Å². The maximum atomic E-state index is 12.2. The number of rotatable bonds is 5. The van der Waals surface area contributed by atoms with Crippen LogP contribution in [0.25, 0.3) is 5.69 Å². The van der Waals surface area contributed by atoms with Crippen molar-refractivity contribution in [2.24, 2.45) is 0 Å². The lowest BCUT2D eigenvalue weighted by molar-refractivity contribution is -0.127. The first kappa shape index (κ1) is 19.0. The van der Waals surface area contributed by atoms with Crippen LogP contribution in [0.4, 0.5) is 5.69 Å². The van der Waals surface area contributed by atoms with E-state index in [1.54, 1.807) is 18.2 Å². The zero-order valence-corrected chi connectivity index (χ0v) is 16.4. The zero-order valence-electron chi connectivity index (χ0n) is 14.1. The van der Waals surface area contributed by atoms with Gasteiger partial charge in [0.1, 0.15) is 5.02 Å². The average Bonchev–Trinajstić information content (AvgIpc) is 3.02. The Morgan fingerprint density at radius 2 is 1.96 bits per heavy atom. The summed E-state index contributed by atoms with van der Waals surface area (Å²) >= 11 is 18.1. The van der Waals surface area contributed by atoms with Gasteiger partial charge in [-0.3, -0.25) is 9.59 Å². The summed E-state index contributed by atoms with van der Waals surface area (Å²) < 4.78 is 1.15. The SMILES string of the molecule is CN(CCN1CCCC1=O)c1ccc(-n2ncc(Cl)c(Cl)c2=O)cc1Cl. The number of halogens is 3. The van der Waals surface area contributed by atoms with Gasteiger partial charge in [-0.1, -0.05) is 34.8 Å². The van der Waals surface area contributed by atoms with Crippen molar-refractivity contribution in [1.82, 2.24) is 14.7 Å². The highest BCUT2D eigenvalue weighted by Crippen LogP contribution is 2.27. The summed E-state index contributed by atoms with van der Waals surface area (Å²) in [5, 5.41) is 4.48. The van der Waals surface area contributed by atoms with E-state index in [0.717, 1.165) is 23.3 Å². The van der Waals surface area contributed by atoms with E-state index in [4.69, 9.17) is 34.8 Å². The second kappa shape index (κ2) is 7.86. The molecule has 9 heteroatoms. The molecule has 0 atom stereocenters. The molecule has 1 aliphatic rings. The Bertz CT molecular complexity index is 900. The Kier molecular flexibility index (Phi) is 5.75. The molecule has 1 fully saturated rings. The van der Waals surface area contributed by atoms with E-state index >= 15 is 0 Å². The number of likely N-dealkylation sites (tertiary alicyclic amines) is 1. The topological polar surface area (TPSA) is 58.4 Å². The highest BCUT2D eigenvalue weighted by atomic mass is 35.5. The minimum absolute atomic E-state index is 0.0886. The second-order valence-electron chi connectivity index (χ2n) is 6.07. The third-order valence-electron chi connectivity index (χ3n) is 4.34. The molecule has 3 rings (SSSR count). The number of hydrogen-bond donors (Lipinski definition) is 0. The minimum Gasteiger partial charge on any atom is -0.372 e. The van der Waals surface area contributed by atoms with Gasteiger partial charge in [-0.05, 0) is 24.6 Å². The normalized spacial score (nSPS) is 14.2. The fourth-order valence-electron chi connectivity index (χ4n) is 2.87. The van der Waals surface area contributed by atoms with Crippen LogP contribution in [-0.2, 0) is 4.79 Å². The van der Waals surface area contributed by atoms with Crippen LogP contribution in [0.15, 0.2) is 29.2 Å². The number of aromatic nitrogens is 2.